The first-order valence-electron chi connectivity index (χ1n) is 5.48. The van der Waals surface area contributed by atoms with Crippen molar-refractivity contribution < 1.29 is 9.47 Å². The Hall–Kier alpha value is -0.120. The van der Waals surface area contributed by atoms with E-state index in [1.165, 1.54) is 19.3 Å². The van der Waals surface area contributed by atoms with Crippen LogP contribution in [0.25, 0.3) is 0 Å². The van der Waals surface area contributed by atoms with Crippen molar-refractivity contribution in [2.75, 3.05) is 27.4 Å². The molecule has 3 nitrogen and oxygen atoms in total. The van der Waals surface area contributed by atoms with Crippen LogP contribution in [-0.4, -0.2) is 39.5 Å². The molecule has 1 N–H and O–H groups in total. The van der Waals surface area contributed by atoms with E-state index < -0.39 is 0 Å². The lowest BCUT2D eigenvalue weighted by Gasteiger charge is -2.22. The van der Waals surface area contributed by atoms with Crippen molar-refractivity contribution in [3.05, 3.63) is 0 Å². The maximum Gasteiger partial charge on any atom is 0.0615 e. The van der Waals surface area contributed by atoms with Crippen molar-refractivity contribution in [2.24, 2.45) is 0 Å². The molecule has 0 aromatic rings. The second-order valence-corrected chi connectivity index (χ2v) is 3.82. The van der Waals surface area contributed by atoms with Gasteiger partial charge in [-0.1, -0.05) is 19.8 Å². The Kier molecular flexibility index (Phi) is 9.35. The fraction of sp³-hybridized carbons (Fsp3) is 1.00. The van der Waals surface area contributed by atoms with E-state index in [9.17, 15) is 0 Å². The highest BCUT2D eigenvalue weighted by Gasteiger charge is 2.10. The molecule has 0 aliphatic rings. The van der Waals surface area contributed by atoms with Crippen molar-refractivity contribution >= 4 is 0 Å². The van der Waals surface area contributed by atoms with Crippen LogP contribution in [0.4, 0.5) is 0 Å². The smallest absolute Gasteiger partial charge is 0.0615 e. The van der Waals surface area contributed by atoms with Crippen LogP contribution in [0.3, 0.4) is 0 Å². The van der Waals surface area contributed by atoms with Crippen molar-refractivity contribution in [3.63, 3.8) is 0 Å². The third kappa shape index (κ3) is 7.30. The zero-order chi connectivity index (χ0) is 10.8. The minimum Gasteiger partial charge on any atom is -0.383 e. The van der Waals surface area contributed by atoms with Crippen LogP contribution in [0.15, 0.2) is 0 Å². The molecule has 86 valence electrons. The largest absolute Gasteiger partial charge is 0.383 e. The minimum absolute atomic E-state index is 0.400. The second kappa shape index (κ2) is 9.44. The normalized spacial score (nSPS) is 15.4. The van der Waals surface area contributed by atoms with Crippen molar-refractivity contribution in [3.8, 4) is 0 Å². The highest BCUT2D eigenvalue weighted by molar-refractivity contribution is 4.70. The number of nitrogens with one attached hydrogen (secondary N) is 1. The summed E-state index contributed by atoms with van der Waals surface area (Å²) < 4.78 is 10.3. The molecule has 14 heavy (non-hydrogen) atoms. The molecule has 0 aliphatic heterocycles. The Morgan fingerprint density at radius 3 is 2.29 bits per heavy atom. The number of unbranched alkanes of at least 4 members (excludes halogenated alkanes) is 1. The molecule has 0 spiro atoms. The second-order valence-electron chi connectivity index (χ2n) is 3.82. The summed E-state index contributed by atoms with van der Waals surface area (Å²) in [6, 6.07) is 0.863. The van der Waals surface area contributed by atoms with E-state index in [4.69, 9.17) is 9.47 Å². The van der Waals surface area contributed by atoms with E-state index in [0.717, 1.165) is 13.2 Å². The van der Waals surface area contributed by atoms with Gasteiger partial charge in [0.1, 0.15) is 0 Å². The maximum atomic E-state index is 5.18. The molecule has 2 unspecified atom stereocenters. The van der Waals surface area contributed by atoms with Gasteiger partial charge < -0.3 is 14.8 Å². The highest BCUT2D eigenvalue weighted by Crippen LogP contribution is 2.02. The lowest BCUT2D eigenvalue weighted by molar-refractivity contribution is 0.131. The van der Waals surface area contributed by atoms with Crippen LogP contribution in [0.1, 0.15) is 33.1 Å². The molecule has 0 amide bonds. The van der Waals surface area contributed by atoms with Gasteiger partial charge in [0.05, 0.1) is 13.2 Å². The van der Waals surface area contributed by atoms with E-state index in [1.807, 2.05) is 0 Å². The molecule has 0 bridgehead atoms. The van der Waals surface area contributed by atoms with Gasteiger partial charge in [0.2, 0.25) is 0 Å². The molecule has 0 radical (unpaired) electrons. The summed E-state index contributed by atoms with van der Waals surface area (Å²) in [7, 11) is 3.48. The molecule has 0 saturated heterocycles. The molecular weight excluding hydrogens is 178 g/mol. The van der Waals surface area contributed by atoms with Gasteiger partial charge in [0.25, 0.3) is 0 Å². The number of hydrogen-bond acceptors (Lipinski definition) is 3. The van der Waals surface area contributed by atoms with Gasteiger partial charge in [-0.15, -0.1) is 0 Å². The summed E-state index contributed by atoms with van der Waals surface area (Å²) in [5.74, 6) is 0. The Labute approximate surface area is 88.2 Å². The van der Waals surface area contributed by atoms with E-state index in [1.54, 1.807) is 14.2 Å². The van der Waals surface area contributed by atoms with E-state index in [-0.39, 0.29) is 0 Å². The highest BCUT2D eigenvalue weighted by atomic mass is 16.5. The van der Waals surface area contributed by atoms with Crippen molar-refractivity contribution in [2.45, 2.75) is 45.2 Å². The number of rotatable bonds is 9. The standard InChI is InChI=1S/C11H25NO2/c1-5-6-7-11(9-14-4)12-10(2)8-13-3/h10-12H,5-9H2,1-4H3. The van der Waals surface area contributed by atoms with Crippen LogP contribution in [0.2, 0.25) is 0 Å². The molecular formula is C11H25NO2. The summed E-state index contributed by atoms with van der Waals surface area (Å²) in [5, 5.41) is 3.50. The fourth-order valence-corrected chi connectivity index (χ4v) is 1.57. The van der Waals surface area contributed by atoms with Gasteiger partial charge in [-0.3, -0.25) is 0 Å². The number of ether oxygens (including phenoxy) is 2. The van der Waals surface area contributed by atoms with Crippen LogP contribution >= 0.6 is 0 Å². The zero-order valence-electron chi connectivity index (χ0n) is 10.0. The van der Waals surface area contributed by atoms with Crippen LogP contribution in [-0.2, 0) is 9.47 Å². The maximum absolute atomic E-state index is 5.18. The molecule has 0 fully saturated rings. The van der Waals surface area contributed by atoms with Crippen LogP contribution in [0.5, 0.6) is 0 Å². The summed E-state index contributed by atoms with van der Waals surface area (Å²) in [5.41, 5.74) is 0. The quantitative estimate of drug-likeness (QED) is 0.620. The Bertz CT molecular complexity index is 120. The van der Waals surface area contributed by atoms with Crippen molar-refractivity contribution in [1.29, 1.82) is 0 Å². The van der Waals surface area contributed by atoms with Gasteiger partial charge in [0.15, 0.2) is 0 Å². The van der Waals surface area contributed by atoms with Gasteiger partial charge in [-0.25, -0.2) is 0 Å². The Morgan fingerprint density at radius 1 is 1.14 bits per heavy atom. The van der Waals surface area contributed by atoms with Gasteiger partial charge in [-0.2, -0.15) is 0 Å². The number of methoxy groups -OCH3 is 2. The first-order valence-corrected chi connectivity index (χ1v) is 5.48. The third-order valence-electron chi connectivity index (χ3n) is 2.21. The van der Waals surface area contributed by atoms with Crippen LogP contribution in [0, 0.1) is 0 Å². The van der Waals surface area contributed by atoms with E-state index >= 15 is 0 Å². The SMILES string of the molecule is CCCCC(COC)NC(C)COC. The van der Waals surface area contributed by atoms with E-state index in [0.29, 0.717) is 12.1 Å². The lowest BCUT2D eigenvalue weighted by Crippen LogP contribution is -2.41. The first-order chi connectivity index (χ1) is 6.74. The predicted molar refractivity (Wildman–Crippen MR) is 59.7 cm³/mol. The summed E-state index contributed by atoms with van der Waals surface area (Å²) in [6.07, 6.45) is 3.67. The molecule has 2 atom stereocenters. The number of hydrogen-bond donors (Lipinski definition) is 1. The lowest BCUT2D eigenvalue weighted by atomic mass is 10.1. The average Bonchev–Trinajstić information content (AvgIpc) is 2.15. The minimum atomic E-state index is 0.400. The molecule has 3 heteroatoms. The summed E-state index contributed by atoms with van der Waals surface area (Å²) in [6.45, 7) is 5.89. The summed E-state index contributed by atoms with van der Waals surface area (Å²) in [4.78, 5) is 0. The van der Waals surface area contributed by atoms with Crippen LogP contribution < -0.4 is 5.32 Å². The molecule has 0 saturated carbocycles. The Balaban J connectivity index is 3.69. The monoisotopic (exact) mass is 203 g/mol. The predicted octanol–water partition coefficient (Wildman–Crippen LogP) is 1.82. The summed E-state index contributed by atoms with van der Waals surface area (Å²) >= 11 is 0. The molecule has 0 rings (SSSR count). The van der Waals surface area contributed by atoms with Gasteiger partial charge in [0, 0.05) is 26.3 Å². The zero-order valence-corrected chi connectivity index (χ0v) is 10.0. The third-order valence-corrected chi connectivity index (χ3v) is 2.21. The first kappa shape index (κ1) is 13.9. The topological polar surface area (TPSA) is 30.5 Å². The van der Waals surface area contributed by atoms with Crippen molar-refractivity contribution in [1.82, 2.24) is 5.32 Å². The molecule has 0 aromatic carbocycles. The van der Waals surface area contributed by atoms with Gasteiger partial charge in [-0.05, 0) is 13.3 Å². The molecule has 0 aromatic heterocycles. The van der Waals surface area contributed by atoms with Gasteiger partial charge >= 0.3 is 0 Å². The molecule has 0 heterocycles. The fourth-order valence-electron chi connectivity index (χ4n) is 1.57. The Morgan fingerprint density at radius 2 is 1.79 bits per heavy atom. The average molecular weight is 203 g/mol. The molecule has 0 aliphatic carbocycles. The van der Waals surface area contributed by atoms with E-state index in [2.05, 4.69) is 19.2 Å².